The SMILES string of the molecule is CCCCC/C=C\C/C=C\CCCCCCCCCCCC(=O)OC[C@H](COC(=O)CCCCCCCCCCCCC/C=C\CCCCCCCC)OC(=O)CCCCCCCCCCCCCCCCC. The third-order valence-corrected chi connectivity index (χ3v) is 14.6. The third-order valence-electron chi connectivity index (χ3n) is 14.6. The molecule has 0 aliphatic heterocycles. The lowest BCUT2D eigenvalue weighted by molar-refractivity contribution is -0.167. The zero-order chi connectivity index (χ0) is 52.9. The van der Waals surface area contributed by atoms with Gasteiger partial charge in [0.05, 0.1) is 0 Å². The van der Waals surface area contributed by atoms with E-state index in [9.17, 15) is 14.4 Å². The molecule has 0 N–H and O–H groups in total. The Morgan fingerprint density at radius 2 is 0.493 bits per heavy atom. The molecule has 0 aromatic rings. The van der Waals surface area contributed by atoms with Crippen molar-refractivity contribution >= 4 is 17.9 Å². The first kappa shape index (κ1) is 70.6. The Hall–Kier alpha value is -2.37. The standard InChI is InChI=1S/C67H124O6/c1-4-7-10-13-16-19-22-25-28-30-32-33-35-37-40-42-45-48-51-54-57-60-66(69)72-63-64(73-67(70)61-58-55-52-49-46-43-38-27-24-21-18-15-12-9-6-3)62-71-65(68)59-56-53-50-47-44-41-39-36-34-31-29-26-23-20-17-14-11-8-5-2/h17,20,25-26,28-29,64H,4-16,18-19,21-24,27,30-63H2,1-3H3/b20-17-,28-25-,29-26-/t64-/m1/s1. The van der Waals surface area contributed by atoms with E-state index >= 15 is 0 Å². The number of hydrogen-bond donors (Lipinski definition) is 0. The van der Waals surface area contributed by atoms with Gasteiger partial charge in [-0.15, -0.1) is 0 Å². The molecule has 0 saturated heterocycles. The highest BCUT2D eigenvalue weighted by molar-refractivity contribution is 5.71. The van der Waals surface area contributed by atoms with Crippen LogP contribution in [0.4, 0.5) is 0 Å². The number of hydrogen-bond acceptors (Lipinski definition) is 6. The summed E-state index contributed by atoms with van der Waals surface area (Å²) in [5.41, 5.74) is 0. The largest absolute Gasteiger partial charge is 0.462 e. The molecule has 0 heterocycles. The van der Waals surface area contributed by atoms with Gasteiger partial charge in [-0.05, 0) is 77.0 Å². The molecule has 0 aliphatic rings. The van der Waals surface area contributed by atoms with Crippen molar-refractivity contribution in [1.29, 1.82) is 0 Å². The minimum Gasteiger partial charge on any atom is -0.462 e. The molecule has 0 aromatic heterocycles. The van der Waals surface area contributed by atoms with Gasteiger partial charge in [0, 0.05) is 19.3 Å². The highest BCUT2D eigenvalue weighted by atomic mass is 16.6. The zero-order valence-electron chi connectivity index (χ0n) is 49.2. The molecule has 428 valence electrons. The van der Waals surface area contributed by atoms with E-state index in [0.29, 0.717) is 19.3 Å². The summed E-state index contributed by atoms with van der Waals surface area (Å²) in [6.07, 6.45) is 75.7. The Labute approximate surface area is 455 Å². The number of carbonyl (C=O) groups is 3. The predicted molar refractivity (Wildman–Crippen MR) is 316 cm³/mol. The minimum atomic E-state index is -0.772. The number of rotatable bonds is 60. The maximum Gasteiger partial charge on any atom is 0.306 e. The fraction of sp³-hybridized carbons (Fsp3) is 0.866. The monoisotopic (exact) mass is 1020 g/mol. The van der Waals surface area contributed by atoms with Gasteiger partial charge in [0.1, 0.15) is 13.2 Å². The first-order chi connectivity index (χ1) is 36.0. The predicted octanol–water partition coefficient (Wildman–Crippen LogP) is 22.0. The molecule has 0 amide bonds. The van der Waals surface area contributed by atoms with Gasteiger partial charge in [0.2, 0.25) is 0 Å². The van der Waals surface area contributed by atoms with Crippen LogP contribution >= 0.6 is 0 Å². The van der Waals surface area contributed by atoms with Crippen LogP contribution < -0.4 is 0 Å². The van der Waals surface area contributed by atoms with Crippen LogP contribution in [0.15, 0.2) is 36.5 Å². The van der Waals surface area contributed by atoms with Crippen LogP contribution in [0.3, 0.4) is 0 Å². The van der Waals surface area contributed by atoms with Gasteiger partial charge >= 0.3 is 17.9 Å². The first-order valence-electron chi connectivity index (χ1n) is 32.5. The lowest BCUT2D eigenvalue weighted by atomic mass is 10.0. The van der Waals surface area contributed by atoms with Crippen molar-refractivity contribution in [3.63, 3.8) is 0 Å². The zero-order valence-corrected chi connectivity index (χ0v) is 49.2. The Morgan fingerprint density at radius 1 is 0.274 bits per heavy atom. The molecule has 6 nitrogen and oxygen atoms in total. The molecule has 73 heavy (non-hydrogen) atoms. The van der Waals surface area contributed by atoms with Gasteiger partial charge in [-0.25, -0.2) is 0 Å². The van der Waals surface area contributed by atoms with Crippen LogP contribution in [0.5, 0.6) is 0 Å². The molecule has 0 fully saturated rings. The summed E-state index contributed by atoms with van der Waals surface area (Å²) in [7, 11) is 0. The molecule has 0 bridgehead atoms. The van der Waals surface area contributed by atoms with Crippen LogP contribution in [0.25, 0.3) is 0 Å². The van der Waals surface area contributed by atoms with Crippen molar-refractivity contribution in [1.82, 2.24) is 0 Å². The van der Waals surface area contributed by atoms with Crippen molar-refractivity contribution in [2.45, 2.75) is 361 Å². The molecule has 0 unspecified atom stereocenters. The molecular formula is C67H124O6. The maximum absolute atomic E-state index is 12.9. The first-order valence-corrected chi connectivity index (χ1v) is 32.5. The van der Waals surface area contributed by atoms with E-state index in [1.807, 2.05) is 0 Å². The van der Waals surface area contributed by atoms with Crippen LogP contribution in [-0.2, 0) is 28.6 Å². The molecule has 6 heteroatoms. The van der Waals surface area contributed by atoms with Crippen molar-refractivity contribution in [2.75, 3.05) is 13.2 Å². The van der Waals surface area contributed by atoms with Crippen molar-refractivity contribution in [3.8, 4) is 0 Å². The van der Waals surface area contributed by atoms with E-state index in [2.05, 4.69) is 57.2 Å². The van der Waals surface area contributed by atoms with Crippen molar-refractivity contribution < 1.29 is 28.6 Å². The minimum absolute atomic E-state index is 0.0692. The lowest BCUT2D eigenvalue weighted by Gasteiger charge is -2.18. The third kappa shape index (κ3) is 60.4. The van der Waals surface area contributed by atoms with Crippen LogP contribution in [0, 0.1) is 0 Å². The van der Waals surface area contributed by atoms with Crippen molar-refractivity contribution in [2.24, 2.45) is 0 Å². The summed E-state index contributed by atoms with van der Waals surface area (Å²) in [6, 6.07) is 0. The lowest BCUT2D eigenvalue weighted by Crippen LogP contribution is -2.30. The average molecular weight is 1030 g/mol. The van der Waals surface area contributed by atoms with Gasteiger partial charge < -0.3 is 14.2 Å². The summed E-state index contributed by atoms with van der Waals surface area (Å²) in [4.78, 5) is 38.3. The summed E-state index contributed by atoms with van der Waals surface area (Å²) in [5, 5.41) is 0. The van der Waals surface area contributed by atoms with E-state index in [1.54, 1.807) is 0 Å². The molecule has 0 radical (unpaired) electrons. The topological polar surface area (TPSA) is 78.9 Å². The van der Waals surface area contributed by atoms with Gasteiger partial charge in [-0.1, -0.05) is 295 Å². The fourth-order valence-electron chi connectivity index (χ4n) is 9.71. The average Bonchev–Trinajstić information content (AvgIpc) is 3.39. The molecular weight excluding hydrogens is 901 g/mol. The molecule has 0 saturated carbocycles. The second kappa shape index (κ2) is 62.2. The Morgan fingerprint density at radius 3 is 0.795 bits per heavy atom. The van der Waals surface area contributed by atoms with Crippen LogP contribution in [0.2, 0.25) is 0 Å². The fourth-order valence-corrected chi connectivity index (χ4v) is 9.71. The highest BCUT2D eigenvalue weighted by Crippen LogP contribution is 2.17. The van der Waals surface area contributed by atoms with Crippen molar-refractivity contribution in [3.05, 3.63) is 36.5 Å². The van der Waals surface area contributed by atoms with Crippen LogP contribution in [-0.4, -0.2) is 37.2 Å². The summed E-state index contributed by atoms with van der Waals surface area (Å²) in [5.74, 6) is -0.849. The normalized spacial score (nSPS) is 12.2. The number of allylic oxidation sites excluding steroid dienone is 6. The summed E-state index contributed by atoms with van der Waals surface area (Å²) in [6.45, 7) is 6.67. The number of carbonyl (C=O) groups excluding carboxylic acids is 3. The number of unbranched alkanes of at least 4 members (excludes halogenated alkanes) is 43. The molecule has 0 rings (SSSR count). The molecule has 1 atom stereocenters. The van der Waals surface area contributed by atoms with Crippen LogP contribution in [0.1, 0.15) is 355 Å². The van der Waals surface area contributed by atoms with E-state index in [4.69, 9.17) is 14.2 Å². The summed E-state index contributed by atoms with van der Waals surface area (Å²) < 4.78 is 17.0. The maximum atomic E-state index is 12.9. The smallest absolute Gasteiger partial charge is 0.306 e. The van der Waals surface area contributed by atoms with Gasteiger partial charge in [0.15, 0.2) is 6.10 Å². The van der Waals surface area contributed by atoms with Gasteiger partial charge in [-0.2, -0.15) is 0 Å². The second-order valence-corrected chi connectivity index (χ2v) is 22.0. The molecule has 0 aromatic carbocycles. The van der Waals surface area contributed by atoms with Gasteiger partial charge in [0.25, 0.3) is 0 Å². The van der Waals surface area contributed by atoms with E-state index in [1.165, 1.54) is 250 Å². The quantitative estimate of drug-likeness (QED) is 0.0261. The van der Waals surface area contributed by atoms with E-state index < -0.39 is 6.10 Å². The van der Waals surface area contributed by atoms with E-state index in [0.717, 1.165) is 64.2 Å². The van der Waals surface area contributed by atoms with E-state index in [-0.39, 0.29) is 31.1 Å². The Bertz CT molecular complexity index is 1220. The Balaban J connectivity index is 4.30. The second-order valence-electron chi connectivity index (χ2n) is 22.0. The number of esters is 3. The highest BCUT2D eigenvalue weighted by Gasteiger charge is 2.19. The Kier molecular flexibility index (Phi) is 60.2. The molecule has 0 aliphatic carbocycles. The van der Waals surface area contributed by atoms with Gasteiger partial charge in [-0.3, -0.25) is 14.4 Å². The number of ether oxygens (including phenoxy) is 3. The summed E-state index contributed by atoms with van der Waals surface area (Å²) >= 11 is 0. The molecule has 0 spiro atoms.